The van der Waals surface area contributed by atoms with E-state index in [0.29, 0.717) is 5.92 Å². The van der Waals surface area contributed by atoms with Crippen LogP contribution in [0.2, 0.25) is 0 Å². The summed E-state index contributed by atoms with van der Waals surface area (Å²) in [6.07, 6.45) is 10.3. The lowest BCUT2D eigenvalue weighted by Gasteiger charge is -2.24. The number of nitrogens with two attached hydrogens (primary N) is 1. The number of carboxylic acids is 1. The van der Waals surface area contributed by atoms with Gasteiger partial charge in [-0.3, -0.25) is 4.79 Å². The van der Waals surface area contributed by atoms with Crippen LogP contribution in [0.1, 0.15) is 65.2 Å². The Labute approximate surface area is 111 Å². The molecule has 1 saturated carbocycles. The summed E-state index contributed by atoms with van der Waals surface area (Å²) in [5.74, 6) is 0.252. The van der Waals surface area contributed by atoms with Gasteiger partial charge >= 0.3 is 5.97 Å². The lowest BCUT2D eigenvalue weighted by molar-refractivity contribution is -0.141. The van der Waals surface area contributed by atoms with E-state index in [9.17, 15) is 4.79 Å². The number of aliphatic carboxylic acids is 1. The van der Waals surface area contributed by atoms with Crippen LogP contribution < -0.4 is 5.73 Å². The van der Waals surface area contributed by atoms with E-state index >= 15 is 0 Å². The van der Waals surface area contributed by atoms with E-state index in [1.54, 1.807) is 6.92 Å². The Morgan fingerprint density at radius 3 is 2.44 bits per heavy atom. The fourth-order valence-electron chi connectivity index (χ4n) is 2.97. The lowest BCUT2D eigenvalue weighted by Crippen LogP contribution is -2.35. The standard InChI is InChI=1S/C15H29NO2/c1-11(10-14(16)12(2)15(17)18)8-9-13-6-4-3-5-7-13/h11-14H,3-10,16H2,1-2H3,(H,17,18)/t11?,12?,14-/m0/s1. The van der Waals surface area contributed by atoms with Crippen molar-refractivity contribution in [3.63, 3.8) is 0 Å². The van der Waals surface area contributed by atoms with E-state index in [-0.39, 0.29) is 6.04 Å². The zero-order valence-electron chi connectivity index (χ0n) is 11.9. The number of carboxylic acid groups (broad SMARTS) is 1. The Bertz CT molecular complexity index is 249. The second-order valence-electron chi connectivity index (χ2n) is 6.21. The van der Waals surface area contributed by atoms with Gasteiger partial charge in [0.25, 0.3) is 0 Å². The van der Waals surface area contributed by atoms with Gasteiger partial charge in [-0.25, -0.2) is 0 Å². The van der Waals surface area contributed by atoms with Gasteiger partial charge in [0.15, 0.2) is 0 Å². The second kappa shape index (κ2) is 7.78. The van der Waals surface area contributed by atoms with E-state index < -0.39 is 11.9 Å². The molecule has 1 rings (SSSR count). The zero-order valence-corrected chi connectivity index (χ0v) is 11.9. The summed E-state index contributed by atoms with van der Waals surface area (Å²) in [6.45, 7) is 3.91. The Balaban J connectivity index is 2.19. The molecule has 0 bridgehead atoms. The number of hydrogen-bond acceptors (Lipinski definition) is 2. The lowest BCUT2D eigenvalue weighted by atomic mass is 9.82. The van der Waals surface area contributed by atoms with Gasteiger partial charge < -0.3 is 10.8 Å². The minimum Gasteiger partial charge on any atom is -0.481 e. The molecule has 0 saturated heterocycles. The second-order valence-corrected chi connectivity index (χ2v) is 6.21. The van der Waals surface area contributed by atoms with Crippen LogP contribution in [0.4, 0.5) is 0 Å². The van der Waals surface area contributed by atoms with E-state index in [2.05, 4.69) is 6.92 Å². The summed E-state index contributed by atoms with van der Waals surface area (Å²) in [6, 6.07) is -0.205. The molecule has 1 aliphatic rings. The molecule has 0 spiro atoms. The van der Waals surface area contributed by atoms with Gasteiger partial charge in [-0.1, -0.05) is 58.8 Å². The van der Waals surface area contributed by atoms with Crippen molar-refractivity contribution >= 4 is 5.97 Å². The normalized spacial score (nSPS) is 22.4. The first kappa shape index (κ1) is 15.5. The van der Waals surface area contributed by atoms with Crippen LogP contribution in [0.25, 0.3) is 0 Å². The van der Waals surface area contributed by atoms with Crippen molar-refractivity contribution in [2.24, 2.45) is 23.5 Å². The average molecular weight is 255 g/mol. The largest absolute Gasteiger partial charge is 0.481 e. The van der Waals surface area contributed by atoms with Crippen LogP contribution in [-0.4, -0.2) is 17.1 Å². The Morgan fingerprint density at radius 2 is 1.89 bits per heavy atom. The summed E-state index contributed by atoms with van der Waals surface area (Å²) in [5, 5.41) is 8.92. The Kier molecular flexibility index (Phi) is 6.69. The number of rotatable bonds is 7. The molecule has 3 heteroatoms. The molecule has 0 radical (unpaired) electrons. The highest BCUT2D eigenvalue weighted by Crippen LogP contribution is 2.29. The molecule has 3 N–H and O–H groups in total. The zero-order chi connectivity index (χ0) is 13.5. The summed E-state index contributed by atoms with van der Waals surface area (Å²) in [5.41, 5.74) is 5.95. The molecule has 0 amide bonds. The highest BCUT2D eigenvalue weighted by Gasteiger charge is 2.22. The first-order chi connectivity index (χ1) is 8.50. The maximum atomic E-state index is 10.8. The Morgan fingerprint density at radius 1 is 1.28 bits per heavy atom. The van der Waals surface area contributed by atoms with Crippen molar-refractivity contribution in [3.05, 3.63) is 0 Å². The fraction of sp³-hybridized carbons (Fsp3) is 0.933. The topological polar surface area (TPSA) is 63.3 Å². The third kappa shape index (κ3) is 5.38. The molecule has 1 aliphatic carbocycles. The van der Waals surface area contributed by atoms with Gasteiger partial charge in [0.2, 0.25) is 0 Å². The monoisotopic (exact) mass is 255 g/mol. The van der Waals surface area contributed by atoms with Crippen molar-refractivity contribution < 1.29 is 9.90 Å². The van der Waals surface area contributed by atoms with Crippen LogP contribution in [0.3, 0.4) is 0 Å². The van der Waals surface area contributed by atoms with Crippen molar-refractivity contribution in [3.8, 4) is 0 Å². The van der Waals surface area contributed by atoms with Gasteiger partial charge in [-0.2, -0.15) is 0 Å². The molecule has 0 aliphatic heterocycles. The van der Waals surface area contributed by atoms with Crippen molar-refractivity contribution in [2.75, 3.05) is 0 Å². The first-order valence-corrected chi connectivity index (χ1v) is 7.49. The summed E-state index contributed by atoms with van der Waals surface area (Å²) in [7, 11) is 0. The molecule has 3 nitrogen and oxygen atoms in total. The molecule has 0 aromatic rings. The van der Waals surface area contributed by atoms with Crippen LogP contribution in [0.15, 0.2) is 0 Å². The van der Waals surface area contributed by atoms with Crippen molar-refractivity contribution in [1.82, 2.24) is 0 Å². The van der Waals surface area contributed by atoms with E-state index in [0.717, 1.165) is 12.3 Å². The highest BCUT2D eigenvalue weighted by atomic mass is 16.4. The smallest absolute Gasteiger partial charge is 0.307 e. The predicted molar refractivity (Wildman–Crippen MR) is 74.4 cm³/mol. The quantitative estimate of drug-likeness (QED) is 0.732. The number of carbonyl (C=O) groups is 1. The van der Waals surface area contributed by atoms with Crippen molar-refractivity contribution in [2.45, 2.75) is 71.3 Å². The van der Waals surface area contributed by atoms with Crippen LogP contribution in [0.5, 0.6) is 0 Å². The van der Waals surface area contributed by atoms with Gasteiger partial charge in [-0.05, 0) is 18.3 Å². The third-order valence-electron chi connectivity index (χ3n) is 4.50. The molecule has 2 unspecified atom stereocenters. The molecule has 106 valence electrons. The third-order valence-corrected chi connectivity index (χ3v) is 4.50. The summed E-state index contributed by atoms with van der Waals surface area (Å²) < 4.78 is 0. The maximum absolute atomic E-state index is 10.8. The van der Waals surface area contributed by atoms with Gasteiger partial charge in [-0.15, -0.1) is 0 Å². The van der Waals surface area contributed by atoms with Crippen LogP contribution >= 0.6 is 0 Å². The average Bonchev–Trinajstić information content (AvgIpc) is 2.36. The molecule has 0 aromatic carbocycles. The van der Waals surface area contributed by atoms with Crippen LogP contribution in [-0.2, 0) is 4.79 Å². The molecule has 0 aromatic heterocycles. The summed E-state index contributed by atoms with van der Waals surface area (Å²) in [4.78, 5) is 10.8. The molecular weight excluding hydrogens is 226 g/mol. The van der Waals surface area contributed by atoms with Crippen molar-refractivity contribution in [1.29, 1.82) is 0 Å². The summed E-state index contributed by atoms with van der Waals surface area (Å²) >= 11 is 0. The molecule has 18 heavy (non-hydrogen) atoms. The molecule has 1 fully saturated rings. The molecule has 0 heterocycles. The van der Waals surface area contributed by atoms with Gasteiger partial charge in [0.1, 0.15) is 0 Å². The first-order valence-electron chi connectivity index (χ1n) is 7.49. The van der Waals surface area contributed by atoms with Gasteiger partial charge in [0, 0.05) is 6.04 Å². The Hall–Kier alpha value is -0.570. The molecular formula is C15H29NO2. The van der Waals surface area contributed by atoms with E-state index in [4.69, 9.17) is 10.8 Å². The number of hydrogen-bond donors (Lipinski definition) is 2. The van der Waals surface area contributed by atoms with Crippen LogP contribution in [0, 0.1) is 17.8 Å². The van der Waals surface area contributed by atoms with Gasteiger partial charge in [0.05, 0.1) is 5.92 Å². The SMILES string of the molecule is CC(CCC1CCCCC1)C[C@H](N)C(C)C(=O)O. The minimum atomic E-state index is -0.776. The van der Waals surface area contributed by atoms with E-state index in [1.165, 1.54) is 44.9 Å². The highest BCUT2D eigenvalue weighted by molar-refractivity contribution is 5.70. The predicted octanol–water partition coefficient (Wildman–Crippen LogP) is 3.42. The minimum absolute atomic E-state index is 0.205. The fourth-order valence-corrected chi connectivity index (χ4v) is 2.97. The van der Waals surface area contributed by atoms with E-state index in [1.807, 2.05) is 0 Å². The maximum Gasteiger partial charge on any atom is 0.307 e. The molecule has 3 atom stereocenters.